The maximum atomic E-state index is 5.63. The predicted octanol–water partition coefficient (Wildman–Crippen LogP) is 2.44. The number of guanidine groups is 1. The maximum Gasteiger partial charge on any atom is 0.191 e. The number of ether oxygens (including phenoxy) is 2. The maximum absolute atomic E-state index is 5.63. The van der Waals surface area contributed by atoms with Crippen molar-refractivity contribution in [3.05, 3.63) is 24.2 Å². The van der Waals surface area contributed by atoms with Gasteiger partial charge in [-0.05, 0) is 37.3 Å². The van der Waals surface area contributed by atoms with Crippen LogP contribution in [-0.4, -0.2) is 52.5 Å². The average molecular weight is 451 g/mol. The second kappa shape index (κ2) is 13.5. The van der Waals surface area contributed by atoms with Crippen molar-refractivity contribution in [1.29, 1.82) is 0 Å². The van der Waals surface area contributed by atoms with Crippen LogP contribution in [0.2, 0.25) is 0 Å². The first kappa shape index (κ1) is 21.2. The number of halogens is 1. The van der Waals surface area contributed by atoms with Crippen LogP contribution in [0.25, 0.3) is 0 Å². The summed E-state index contributed by atoms with van der Waals surface area (Å²) in [5.74, 6) is 2.62. The van der Waals surface area contributed by atoms with Gasteiger partial charge in [-0.15, -0.1) is 24.0 Å². The molecule has 0 atom stereocenters. The molecule has 1 saturated carbocycles. The first-order chi connectivity index (χ1) is 11.4. The Balaban J connectivity index is 0.00000288. The molecular formula is C17H30IN3O3. The van der Waals surface area contributed by atoms with Gasteiger partial charge in [0.25, 0.3) is 0 Å². The van der Waals surface area contributed by atoms with Crippen molar-refractivity contribution in [1.82, 2.24) is 10.6 Å². The lowest BCUT2D eigenvalue weighted by Crippen LogP contribution is -2.40. The topological polar surface area (TPSA) is 68.0 Å². The van der Waals surface area contributed by atoms with Crippen molar-refractivity contribution >= 4 is 29.9 Å². The molecule has 1 aliphatic carbocycles. The van der Waals surface area contributed by atoms with Crippen molar-refractivity contribution in [3.63, 3.8) is 0 Å². The van der Waals surface area contributed by atoms with Gasteiger partial charge in [0.2, 0.25) is 0 Å². The van der Waals surface area contributed by atoms with Gasteiger partial charge < -0.3 is 24.5 Å². The number of aliphatic imine (C=N–C) groups is 1. The highest BCUT2D eigenvalue weighted by Gasteiger charge is 2.20. The number of hydrogen-bond donors (Lipinski definition) is 2. The van der Waals surface area contributed by atoms with Crippen LogP contribution in [0.1, 0.15) is 25.0 Å². The summed E-state index contributed by atoms with van der Waals surface area (Å²) < 4.78 is 16.0. The lowest BCUT2D eigenvalue weighted by Gasteiger charge is -2.12. The van der Waals surface area contributed by atoms with Gasteiger partial charge in [0.15, 0.2) is 5.96 Å². The monoisotopic (exact) mass is 451 g/mol. The Morgan fingerprint density at radius 2 is 2.12 bits per heavy atom. The predicted molar refractivity (Wildman–Crippen MR) is 106 cm³/mol. The zero-order valence-corrected chi connectivity index (χ0v) is 16.8. The first-order valence-electron chi connectivity index (χ1n) is 8.49. The number of furan rings is 1. The molecule has 0 amide bonds. The van der Waals surface area contributed by atoms with Crippen molar-refractivity contribution in [2.75, 3.05) is 46.6 Å². The van der Waals surface area contributed by atoms with Crippen molar-refractivity contribution in [2.24, 2.45) is 10.9 Å². The molecule has 7 heteroatoms. The lowest BCUT2D eigenvalue weighted by molar-refractivity contribution is 0.123. The second-order valence-corrected chi connectivity index (χ2v) is 5.78. The Morgan fingerprint density at radius 1 is 1.29 bits per heavy atom. The van der Waals surface area contributed by atoms with E-state index in [0.29, 0.717) is 6.61 Å². The zero-order valence-electron chi connectivity index (χ0n) is 14.5. The molecule has 24 heavy (non-hydrogen) atoms. The average Bonchev–Trinajstić information content (AvgIpc) is 3.24. The molecule has 1 aromatic rings. The minimum Gasteiger partial charge on any atom is -0.469 e. The molecule has 0 aromatic carbocycles. The second-order valence-electron chi connectivity index (χ2n) is 5.78. The summed E-state index contributed by atoms with van der Waals surface area (Å²) >= 11 is 0. The highest BCUT2D eigenvalue weighted by Crippen LogP contribution is 2.28. The van der Waals surface area contributed by atoms with E-state index in [0.717, 1.165) is 63.3 Å². The number of hydrogen-bond acceptors (Lipinski definition) is 4. The van der Waals surface area contributed by atoms with Crippen molar-refractivity contribution < 1.29 is 13.9 Å². The fourth-order valence-corrected chi connectivity index (χ4v) is 2.10. The fourth-order valence-electron chi connectivity index (χ4n) is 2.10. The van der Waals surface area contributed by atoms with Gasteiger partial charge in [-0.2, -0.15) is 0 Å². The number of nitrogens with one attached hydrogen (secondary N) is 2. The molecule has 2 N–H and O–H groups in total. The van der Waals surface area contributed by atoms with Crippen LogP contribution in [0.4, 0.5) is 0 Å². The van der Waals surface area contributed by atoms with E-state index in [1.54, 1.807) is 13.4 Å². The first-order valence-corrected chi connectivity index (χ1v) is 8.49. The molecule has 0 spiro atoms. The van der Waals surface area contributed by atoms with Crippen molar-refractivity contribution in [3.8, 4) is 0 Å². The third kappa shape index (κ3) is 10.1. The van der Waals surface area contributed by atoms with E-state index in [1.807, 2.05) is 12.1 Å². The smallest absolute Gasteiger partial charge is 0.191 e. The summed E-state index contributed by atoms with van der Waals surface area (Å²) in [5.41, 5.74) is 0. The quantitative estimate of drug-likeness (QED) is 0.221. The van der Waals surface area contributed by atoms with Crippen molar-refractivity contribution in [2.45, 2.75) is 25.7 Å². The molecule has 1 fully saturated rings. The van der Waals surface area contributed by atoms with Crippen LogP contribution >= 0.6 is 24.0 Å². The molecule has 0 unspecified atom stereocenters. The molecule has 1 aliphatic rings. The molecule has 2 rings (SSSR count). The molecule has 1 heterocycles. The highest BCUT2D eigenvalue weighted by molar-refractivity contribution is 14.0. The van der Waals surface area contributed by atoms with Gasteiger partial charge in [0.05, 0.1) is 12.9 Å². The summed E-state index contributed by atoms with van der Waals surface area (Å²) in [5, 5.41) is 6.58. The highest BCUT2D eigenvalue weighted by atomic mass is 127. The van der Waals surface area contributed by atoms with E-state index in [-0.39, 0.29) is 24.0 Å². The third-order valence-corrected chi connectivity index (χ3v) is 3.61. The molecular weight excluding hydrogens is 421 g/mol. The minimum atomic E-state index is 0. The Labute approximate surface area is 161 Å². The van der Waals surface area contributed by atoms with Crippen LogP contribution in [0.5, 0.6) is 0 Å². The molecule has 0 saturated heterocycles. The standard InChI is InChI=1S/C17H29N3O3.HI/c1-21-13-10-20-17(19-9-7-16-4-2-12-23-16)18-8-3-11-22-14-15-5-6-15;/h2,4,12,15H,3,5-11,13-14H2,1H3,(H2,18,19,20);1H. The van der Waals surface area contributed by atoms with Gasteiger partial charge in [-0.3, -0.25) is 4.99 Å². The van der Waals surface area contributed by atoms with E-state index in [2.05, 4.69) is 15.6 Å². The van der Waals surface area contributed by atoms with Gasteiger partial charge in [0.1, 0.15) is 5.76 Å². The number of methoxy groups -OCH3 is 1. The SMILES string of the molecule is COCCNC(=NCCCOCC1CC1)NCCc1ccco1.I. The Kier molecular flexibility index (Phi) is 11.9. The summed E-state index contributed by atoms with van der Waals surface area (Å²) in [7, 11) is 1.69. The fraction of sp³-hybridized carbons (Fsp3) is 0.706. The Bertz CT molecular complexity index is 436. The van der Waals surface area contributed by atoms with E-state index >= 15 is 0 Å². The number of nitrogens with zero attached hydrogens (tertiary/aromatic N) is 1. The van der Waals surface area contributed by atoms with Crippen LogP contribution < -0.4 is 10.6 Å². The molecule has 0 bridgehead atoms. The molecule has 6 nitrogen and oxygen atoms in total. The molecule has 1 aromatic heterocycles. The van der Waals surface area contributed by atoms with Crippen LogP contribution in [0, 0.1) is 5.92 Å². The van der Waals surface area contributed by atoms with Gasteiger partial charge in [0, 0.05) is 46.4 Å². The molecule has 0 aliphatic heterocycles. The summed E-state index contributed by atoms with van der Waals surface area (Å²) in [4.78, 5) is 4.57. The lowest BCUT2D eigenvalue weighted by atomic mass is 10.3. The van der Waals surface area contributed by atoms with Crippen LogP contribution in [0.15, 0.2) is 27.8 Å². The largest absolute Gasteiger partial charge is 0.469 e. The summed E-state index contributed by atoms with van der Waals surface area (Å²) in [6.07, 6.45) is 6.16. The van der Waals surface area contributed by atoms with Crippen LogP contribution in [-0.2, 0) is 15.9 Å². The van der Waals surface area contributed by atoms with Gasteiger partial charge >= 0.3 is 0 Å². The minimum absolute atomic E-state index is 0. The van der Waals surface area contributed by atoms with Gasteiger partial charge in [-0.25, -0.2) is 0 Å². The Morgan fingerprint density at radius 3 is 2.83 bits per heavy atom. The van der Waals surface area contributed by atoms with Gasteiger partial charge in [-0.1, -0.05) is 0 Å². The summed E-state index contributed by atoms with van der Waals surface area (Å²) in [6, 6.07) is 3.89. The van der Waals surface area contributed by atoms with Crippen LogP contribution in [0.3, 0.4) is 0 Å². The Hall–Kier alpha value is -0.800. The van der Waals surface area contributed by atoms with E-state index < -0.39 is 0 Å². The van der Waals surface area contributed by atoms with E-state index in [4.69, 9.17) is 13.9 Å². The zero-order chi connectivity index (χ0) is 16.2. The normalized spacial score (nSPS) is 14.3. The van der Waals surface area contributed by atoms with E-state index in [9.17, 15) is 0 Å². The third-order valence-electron chi connectivity index (χ3n) is 3.61. The number of rotatable bonds is 12. The molecule has 138 valence electrons. The molecule has 0 radical (unpaired) electrons. The van der Waals surface area contributed by atoms with E-state index in [1.165, 1.54) is 12.8 Å². The summed E-state index contributed by atoms with van der Waals surface area (Å²) in [6.45, 7) is 4.64.